The van der Waals surface area contributed by atoms with Crippen molar-refractivity contribution < 1.29 is 25.6 Å². The van der Waals surface area contributed by atoms with E-state index in [4.69, 9.17) is 9.94 Å². The SMILES string of the molecule is COc1ccc2c(c1)C(=NNc1ccc([NH+]([O-])O)cc1[NH+]([O-])O)C2. The molecule has 0 aromatic heterocycles. The summed E-state index contributed by atoms with van der Waals surface area (Å²) in [7, 11) is 1.58. The number of hydrazone groups is 1. The van der Waals surface area contributed by atoms with Crippen LogP contribution < -0.4 is 20.6 Å². The Bertz CT molecular complexity index is 791. The molecule has 126 valence electrons. The van der Waals surface area contributed by atoms with Crippen LogP contribution in [0.1, 0.15) is 11.1 Å². The normalized spacial score (nSPS) is 17.0. The molecule has 1 aliphatic carbocycles. The fourth-order valence-corrected chi connectivity index (χ4v) is 2.45. The number of hydrogen-bond acceptors (Lipinski definition) is 7. The highest BCUT2D eigenvalue weighted by molar-refractivity contribution is 6.10. The summed E-state index contributed by atoms with van der Waals surface area (Å²) >= 11 is 0. The topological polar surface area (TPSA) is 129 Å². The Balaban J connectivity index is 1.84. The van der Waals surface area contributed by atoms with Gasteiger partial charge in [0.15, 0.2) is 11.4 Å². The summed E-state index contributed by atoms with van der Waals surface area (Å²) in [6, 6.07) is 9.51. The third kappa shape index (κ3) is 3.08. The fraction of sp³-hybridized carbons (Fsp3) is 0.133. The van der Waals surface area contributed by atoms with Gasteiger partial charge in [-0.1, -0.05) is 6.07 Å². The Labute approximate surface area is 137 Å². The van der Waals surface area contributed by atoms with E-state index in [1.165, 1.54) is 12.1 Å². The van der Waals surface area contributed by atoms with Crippen LogP contribution in [0.15, 0.2) is 41.5 Å². The summed E-state index contributed by atoms with van der Waals surface area (Å²) in [6.45, 7) is 0. The first-order valence-electron chi connectivity index (χ1n) is 7.10. The van der Waals surface area contributed by atoms with Gasteiger partial charge in [0.25, 0.3) is 0 Å². The van der Waals surface area contributed by atoms with Gasteiger partial charge in [-0.3, -0.25) is 5.43 Å². The number of rotatable bonds is 5. The van der Waals surface area contributed by atoms with Crippen LogP contribution in [0.3, 0.4) is 0 Å². The first-order valence-corrected chi connectivity index (χ1v) is 7.10. The van der Waals surface area contributed by atoms with Crippen LogP contribution in [0.25, 0.3) is 0 Å². The molecule has 0 saturated carbocycles. The van der Waals surface area contributed by atoms with Crippen molar-refractivity contribution in [1.82, 2.24) is 0 Å². The molecule has 0 bridgehead atoms. The first kappa shape index (κ1) is 16.3. The monoisotopic (exact) mass is 332 g/mol. The maximum absolute atomic E-state index is 11.3. The van der Waals surface area contributed by atoms with Crippen molar-refractivity contribution in [3.8, 4) is 5.75 Å². The second-order valence-electron chi connectivity index (χ2n) is 5.24. The van der Waals surface area contributed by atoms with Gasteiger partial charge in [-0.25, -0.2) is 10.4 Å². The van der Waals surface area contributed by atoms with Crippen LogP contribution in [0, 0.1) is 10.4 Å². The summed E-state index contributed by atoms with van der Waals surface area (Å²) in [4.78, 5) is 0. The molecule has 2 unspecified atom stereocenters. The molecule has 2 aromatic rings. The minimum Gasteiger partial charge on any atom is -0.595 e. The maximum atomic E-state index is 11.3. The van der Waals surface area contributed by atoms with E-state index in [1.807, 2.05) is 18.2 Å². The number of nitrogens with one attached hydrogen (secondary N) is 3. The van der Waals surface area contributed by atoms with Crippen molar-refractivity contribution in [1.29, 1.82) is 0 Å². The Morgan fingerprint density at radius 3 is 2.58 bits per heavy atom. The van der Waals surface area contributed by atoms with E-state index in [0.717, 1.165) is 28.7 Å². The molecule has 0 radical (unpaired) electrons. The van der Waals surface area contributed by atoms with E-state index < -0.39 is 10.5 Å². The number of hydrogen-bond donors (Lipinski definition) is 5. The molecule has 0 aliphatic heterocycles. The average molecular weight is 332 g/mol. The summed E-state index contributed by atoms with van der Waals surface area (Å²) in [5.41, 5.74) is 5.57. The molecular formula is C15H16N4O5. The Morgan fingerprint density at radius 2 is 1.92 bits per heavy atom. The lowest BCUT2D eigenvalue weighted by molar-refractivity contribution is -0.996. The molecule has 3 rings (SSSR count). The Hall–Kier alpha value is -2.53. The van der Waals surface area contributed by atoms with E-state index in [0.29, 0.717) is 6.42 Å². The Kier molecular flexibility index (Phi) is 4.44. The highest BCUT2D eigenvalue weighted by Gasteiger charge is 2.22. The quantitative estimate of drug-likeness (QED) is 0.485. The molecule has 0 fully saturated rings. The van der Waals surface area contributed by atoms with E-state index >= 15 is 0 Å². The van der Waals surface area contributed by atoms with Gasteiger partial charge < -0.3 is 15.2 Å². The molecule has 2 aromatic carbocycles. The number of benzene rings is 2. The van der Waals surface area contributed by atoms with Gasteiger partial charge in [-0.05, 0) is 23.8 Å². The largest absolute Gasteiger partial charge is 0.595 e. The molecule has 2 atom stereocenters. The number of nitrogens with zero attached hydrogens (tertiary/aromatic N) is 1. The standard InChI is InChI=1S/C15H16N4O5/c1-24-11-4-2-9-6-14(12(9)8-11)17-16-13-5-3-10(18(20)21)7-15(13)19(22)23/h2-5,7-8,16,18-20,22H,6H2,1H3. The lowest BCUT2D eigenvalue weighted by Gasteiger charge is -2.22. The molecule has 9 heteroatoms. The van der Waals surface area contributed by atoms with Crippen molar-refractivity contribution in [3.05, 3.63) is 57.9 Å². The van der Waals surface area contributed by atoms with Crippen molar-refractivity contribution in [2.24, 2.45) is 5.10 Å². The lowest BCUT2D eigenvalue weighted by Crippen LogP contribution is -3.00. The van der Waals surface area contributed by atoms with E-state index in [-0.39, 0.29) is 17.1 Å². The smallest absolute Gasteiger partial charge is 0.195 e. The molecule has 24 heavy (non-hydrogen) atoms. The summed E-state index contributed by atoms with van der Waals surface area (Å²) in [6.07, 6.45) is 0.669. The van der Waals surface area contributed by atoms with E-state index in [9.17, 15) is 15.6 Å². The lowest BCUT2D eigenvalue weighted by atomic mass is 9.86. The predicted octanol–water partition coefficient (Wildman–Crippen LogP) is -0.126. The maximum Gasteiger partial charge on any atom is 0.195 e. The van der Waals surface area contributed by atoms with Crippen molar-refractivity contribution >= 4 is 22.8 Å². The van der Waals surface area contributed by atoms with Gasteiger partial charge in [0, 0.05) is 18.1 Å². The van der Waals surface area contributed by atoms with E-state index in [2.05, 4.69) is 10.5 Å². The summed E-state index contributed by atoms with van der Waals surface area (Å²) < 4.78 is 5.17. The van der Waals surface area contributed by atoms with Crippen LogP contribution in [0.4, 0.5) is 17.1 Å². The fourth-order valence-electron chi connectivity index (χ4n) is 2.45. The zero-order valence-corrected chi connectivity index (χ0v) is 12.7. The minimum absolute atomic E-state index is 0.0932. The predicted molar refractivity (Wildman–Crippen MR) is 84.9 cm³/mol. The number of methoxy groups -OCH3 is 1. The number of ether oxygens (including phenoxy) is 1. The zero-order chi connectivity index (χ0) is 17.3. The second-order valence-corrected chi connectivity index (χ2v) is 5.24. The molecule has 1 aliphatic rings. The summed E-state index contributed by atoms with van der Waals surface area (Å²) in [5.74, 6) is 0.721. The van der Waals surface area contributed by atoms with Crippen LogP contribution in [0.5, 0.6) is 5.75 Å². The molecule has 0 heterocycles. The molecule has 5 N–H and O–H groups in total. The number of quaternary nitrogens is 2. The van der Waals surface area contributed by atoms with E-state index in [1.54, 1.807) is 7.11 Å². The third-order valence-electron chi connectivity index (χ3n) is 3.79. The summed E-state index contributed by atoms with van der Waals surface area (Å²) in [5, 5.41) is 42.3. The van der Waals surface area contributed by atoms with Crippen LogP contribution in [0.2, 0.25) is 0 Å². The number of fused-ring (bicyclic) bond motifs is 1. The van der Waals surface area contributed by atoms with Gasteiger partial charge in [0.1, 0.15) is 11.4 Å². The zero-order valence-electron chi connectivity index (χ0n) is 12.7. The van der Waals surface area contributed by atoms with Gasteiger partial charge >= 0.3 is 0 Å². The molecule has 0 saturated heterocycles. The van der Waals surface area contributed by atoms with Gasteiger partial charge in [0.2, 0.25) is 0 Å². The van der Waals surface area contributed by atoms with Crippen LogP contribution in [-0.2, 0) is 6.42 Å². The average Bonchev–Trinajstić information content (AvgIpc) is 2.55. The van der Waals surface area contributed by atoms with Crippen molar-refractivity contribution in [3.63, 3.8) is 0 Å². The second kappa shape index (κ2) is 6.53. The molecule has 0 spiro atoms. The van der Waals surface area contributed by atoms with Crippen LogP contribution in [-0.4, -0.2) is 23.2 Å². The Morgan fingerprint density at radius 1 is 1.12 bits per heavy atom. The van der Waals surface area contributed by atoms with Gasteiger partial charge in [0.05, 0.1) is 18.9 Å². The van der Waals surface area contributed by atoms with Crippen molar-refractivity contribution in [2.75, 3.05) is 12.5 Å². The third-order valence-corrected chi connectivity index (χ3v) is 3.79. The number of anilines is 1. The first-order chi connectivity index (χ1) is 11.5. The van der Waals surface area contributed by atoms with Gasteiger partial charge in [-0.15, -0.1) is 0 Å². The van der Waals surface area contributed by atoms with Crippen LogP contribution >= 0.6 is 0 Å². The van der Waals surface area contributed by atoms with Gasteiger partial charge in [-0.2, -0.15) is 15.6 Å². The van der Waals surface area contributed by atoms with Crippen molar-refractivity contribution in [2.45, 2.75) is 6.42 Å². The minimum atomic E-state index is -1.23. The highest BCUT2D eigenvalue weighted by Crippen LogP contribution is 2.28. The molecule has 0 amide bonds. The highest BCUT2D eigenvalue weighted by atomic mass is 16.8. The molecule has 9 nitrogen and oxygen atoms in total. The molecular weight excluding hydrogens is 316 g/mol.